The lowest BCUT2D eigenvalue weighted by molar-refractivity contribution is -0.140. The Morgan fingerprint density at radius 1 is 1.17 bits per heavy atom. The van der Waals surface area contributed by atoms with Gasteiger partial charge in [-0.15, -0.1) is 0 Å². The smallest absolute Gasteiger partial charge is 0.500 e. The van der Waals surface area contributed by atoms with Gasteiger partial charge in [0.25, 0.3) is 11.9 Å². The molecular weight excluding hydrogens is 333 g/mol. The van der Waals surface area contributed by atoms with E-state index in [-0.39, 0.29) is 29.8 Å². The van der Waals surface area contributed by atoms with Gasteiger partial charge in [0.2, 0.25) is 0 Å². The molecular formula is C15H27BNO4S2. The van der Waals surface area contributed by atoms with Crippen LogP contribution in [0.25, 0.3) is 0 Å². The lowest BCUT2D eigenvalue weighted by Gasteiger charge is -2.39. The second kappa shape index (κ2) is 9.84. The Hall–Kier alpha value is -0.335. The van der Waals surface area contributed by atoms with Crippen LogP contribution in [0.4, 0.5) is 0 Å². The first-order chi connectivity index (χ1) is 10.7. The van der Waals surface area contributed by atoms with Crippen molar-refractivity contribution in [1.82, 2.24) is 4.90 Å². The van der Waals surface area contributed by atoms with Gasteiger partial charge >= 0.3 is 7.69 Å². The highest BCUT2D eigenvalue weighted by molar-refractivity contribution is 8.77. The van der Waals surface area contributed by atoms with Crippen LogP contribution in [0, 0.1) is 5.92 Å². The summed E-state index contributed by atoms with van der Waals surface area (Å²) >= 11 is 0. The number of rotatable bonds is 8. The van der Waals surface area contributed by atoms with Crippen LogP contribution in [-0.2, 0) is 18.9 Å². The van der Waals surface area contributed by atoms with E-state index in [1.807, 2.05) is 35.4 Å². The van der Waals surface area contributed by atoms with E-state index in [9.17, 15) is 9.59 Å². The Labute approximate surface area is 148 Å². The van der Waals surface area contributed by atoms with Gasteiger partial charge in [0.05, 0.1) is 6.42 Å². The maximum Gasteiger partial charge on any atom is 0.662 e. The molecule has 0 unspecified atom stereocenters. The van der Waals surface area contributed by atoms with Crippen LogP contribution in [0.1, 0.15) is 47.5 Å². The molecule has 0 aromatic rings. The van der Waals surface area contributed by atoms with Crippen molar-refractivity contribution in [3.8, 4) is 0 Å². The molecule has 0 aromatic carbocycles. The van der Waals surface area contributed by atoms with E-state index in [0.717, 1.165) is 19.2 Å². The molecule has 0 spiro atoms. The predicted molar refractivity (Wildman–Crippen MR) is 97.2 cm³/mol. The molecule has 1 aliphatic heterocycles. The van der Waals surface area contributed by atoms with Gasteiger partial charge in [0, 0.05) is 36.1 Å². The highest BCUT2D eigenvalue weighted by Crippen LogP contribution is 2.35. The van der Waals surface area contributed by atoms with Gasteiger partial charge in [-0.05, 0) is 26.7 Å². The van der Waals surface area contributed by atoms with Gasteiger partial charge in [-0.3, -0.25) is 14.5 Å². The molecule has 0 aromatic heterocycles. The Kier molecular flexibility index (Phi) is 8.86. The Bertz CT molecular complexity index is 395. The fourth-order valence-electron chi connectivity index (χ4n) is 2.33. The summed E-state index contributed by atoms with van der Waals surface area (Å²) in [6.45, 7) is 11.0. The van der Waals surface area contributed by atoms with Crippen molar-refractivity contribution < 1.29 is 18.9 Å². The molecule has 0 atom stereocenters. The highest BCUT2D eigenvalue weighted by Gasteiger charge is 2.32. The normalized spacial score (nSPS) is 16.0. The molecule has 5 nitrogen and oxygen atoms in total. The van der Waals surface area contributed by atoms with Crippen molar-refractivity contribution in [3.63, 3.8) is 0 Å². The molecule has 0 aliphatic carbocycles. The van der Waals surface area contributed by atoms with Crippen LogP contribution in [0.3, 0.4) is 0 Å². The lowest BCUT2D eigenvalue weighted by atomic mass is 10.0. The first kappa shape index (κ1) is 20.7. The second-order valence-electron chi connectivity index (χ2n) is 7.01. The van der Waals surface area contributed by atoms with E-state index in [1.165, 1.54) is 0 Å². The third kappa shape index (κ3) is 8.36. The fourth-order valence-corrected chi connectivity index (χ4v) is 5.10. The molecule has 0 bridgehead atoms. The standard InChI is InChI=1S/C15H27BNO4S2/c1-11(2)8-14(19)21-16-20-13(18)6-7-17(15(3,4)5)12-9-22-23-10-12/h11-12H,6-10H2,1-5H3. The number of hydrogen-bond acceptors (Lipinski definition) is 7. The second-order valence-corrected chi connectivity index (χ2v) is 9.56. The van der Waals surface area contributed by atoms with Crippen LogP contribution in [0.2, 0.25) is 0 Å². The molecule has 0 amide bonds. The maximum atomic E-state index is 11.8. The van der Waals surface area contributed by atoms with Gasteiger partial charge in [-0.2, -0.15) is 0 Å². The van der Waals surface area contributed by atoms with Gasteiger partial charge < -0.3 is 9.31 Å². The summed E-state index contributed by atoms with van der Waals surface area (Å²) in [6.07, 6.45) is 0.588. The van der Waals surface area contributed by atoms with Crippen molar-refractivity contribution in [2.45, 2.75) is 59.0 Å². The van der Waals surface area contributed by atoms with Crippen LogP contribution in [0.15, 0.2) is 0 Å². The van der Waals surface area contributed by atoms with Crippen LogP contribution >= 0.6 is 21.6 Å². The monoisotopic (exact) mass is 360 g/mol. The Morgan fingerprint density at radius 2 is 1.74 bits per heavy atom. The van der Waals surface area contributed by atoms with Crippen LogP contribution < -0.4 is 0 Å². The largest absolute Gasteiger partial charge is 0.662 e. The molecule has 131 valence electrons. The quantitative estimate of drug-likeness (QED) is 0.487. The summed E-state index contributed by atoms with van der Waals surface area (Å²) in [4.78, 5) is 25.5. The van der Waals surface area contributed by atoms with E-state index < -0.39 is 0 Å². The molecule has 1 heterocycles. The summed E-state index contributed by atoms with van der Waals surface area (Å²) in [5.41, 5.74) is 0.00382. The van der Waals surface area contributed by atoms with Crippen molar-refractivity contribution in [2.24, 2.45) is 5.92 Å². The van der Waals surface area contributed by atoms with Crippen LogP contribution in [-0.4, -0.2) is 54.2 Å². The van der Waals surface area contributed by atoms with Gasteiger partial charge in [-0.25, -0.2) is 0 Å². The summed E-state index contributed by atoms with van der Waals surface area (Å²) in [5.74, 6) is 1.61. The molecule has 1 aliphatic rings. The predicted octanol–water partition coefficient (Wildman–Crippen LogP) is 2.91. The molecule has 0 saturated carbocycles. The van der Waals surface area contributed by atoms with Gasteiger partial charge in [0.15, 0.2) is 0 Å². The van der Waals surface area contributed by atoms with E-state index in [2.05, 4.69) is 25.7 Å². The zero-order valence-corrected chi connectivity index (χ0v) is 16.3. The highest BCUT2D eigenvalue weighted by atomic mass is 33.1. The van der Waals surface area contributed by atoms with Crippen molar-refractivity contribution in [1.29, 1.82) is 0 Å². The van der Waals surface area contributed by atoms with Gasteiger partial charge in [-0.1, -0.05) is 35.4 Å². The average Bonchev–Trinajstić information content (AvgIpc) is 2.90. The van der Waals surface area contributed by atoms with Crippen molar-refractivity contribution >= 4 is 41.2 Å². The van der Waals surface area contributed by atoms with Crippen molar-refractivity contribution in [2.75, 3.05) is 18.1 Å². The molecule has 1 rings (SSSR count). The van der Waals surface area contributed by atoms with Crippen LogP contribution in [0.5, 0.6) is 0 Å². The summed E-state index contributed by atoms with van der Waals surface area (Å²) in [7, 11) is 4.61. The Morgan fingerprint density at radius 3 is 2.26 bits per heavy atom. The number of nitrogens with zero attached hydrogens (tertiary/aromatic N) is 1. The summed E-state index contributed by atoms with van der Waals surface area (Å²) < 4.78 is 9.65. The molecule has 0 N–H and O–H groups in total. The third-order valence-corrected chi connectivity index (χ3v) is 5.92. The summed E-state index contributed by atoms with van der Waals surface area (Å²) in [6, 6.07) is 0.477. The average molecular weight is 360 g/mol. The SMILES string of the molecule is CC(C)CC(=O)O[B]OC(=O)CCN(C1CSSC1)C(C)(C)C. The van der Waals surface area contributed by atoms with E-state index in [4.69, 9.17) is 9.31 Å². The van der Waals surface area contributed by atoms with Gasteiger partial charge in [0.1, 0.15) is 0 Å². The van der Waals surface area contributed by atoms with E-state index in [1.54, 1.807) is 0 Å². The molecule has 1 radical (unpaired) electrons. The molecule has 1 saturated heterocycles. The summed E-state index contributed by atoms with van der Waals surface area (Å²) in [5, 5.41) is 0. The zero-order valence-electron chi connectivity index (χ0n) is 14.7. The number of carbonyl (C=O) groups is 2. The third-order valence-electron chi connectivity index (χ3n) is 3.40. The first-order valence-electron chi connectivity index (χ1n) is 7.92. The molecule has 8 heteroatoms. The van der Waals surface area contributed by atoms with E-state index >= 15 is 0 Å². The molecule has 23 heavy (non-hydrogen) atoms. The van der Waals surface area contributed by atoms with E-state index in [0.29, 0.717) is 19.0 Å². The fraction of sp³-hybridized carbons (Fsp3) is 0.867. The maximum absolute atomic E-state index is 11.8. The number of hydrogen-bond donors (Lipinski definition) is 0. The topological polar surface area (TPSA) is 55.8 Å². The number of carbonyl (C=O) groups excluding carboxylic acids is 2. The first-order valence-corrected chi connectivity index (χ1v) is 10.4. The minimum Gasteiger partial charge on any atom is -0.500 e. The Balaban J connectivity index is 2.31. The minimum absolute atomic E-state index is 0.00382. The zero-order chi connectivity index (χ0) is 17.5. The molecule has 1 fully saturated rings. The lowest BCUT2D eigenvalue weighted by Crippen LogP contribution is -2.50. The van der Waals surface area contributed by atoms with Crippen molar-refractivity contribution in [3.05, 3.63) is 0 Å². The minimum atomic E-state index is -0.385.